The molecular weight excluding hydrogens is 306 g/mol. The smallest absolute Gasteiger partial charge is 0.244 e. The topological polar surface area (TPSA) is 36.4 Å². The summed E-state index contributed by atoms with van der Waals surface area (Å²) in [7, 11) is 1.99. The summed E-state index contributed by atoms with van der Waals surface area (Å²) in [4.78, 5) is 21.5. The zero-order valence-electron chi connectivity index (χ0n) is 14.3. The third-order valence-electron chi connectivity index (χ3n) is 3.94. The third kappa shape index (κ3) is 4.39. The lowest BCUT2D eigenvalue weighted by atomic mass is 10.0. The predicted octanol–water partition coefficient (Wildman–Crippen LogP) is 3.49. The van der Waals surface area contributed by atoms with Gasteiger partial charge in [-0.25, -0.2) is 4.98 Å². The van der Waals surface area contributed by atoms with Crippen molar-refractivity contribution in [2.75, 3.05) is 20.1 Å². The molecule has 0 saturated carbocycles. The van der Waals surface area contributed by atoms with Crippen LogP contribution in [-0.2, 0) is 11.3 Å². The summed E-state index contributed by atoms with van der Waals surface area (Å²) in [5, 5.41) is 3.12. The van der Waals surface area contributed by atoms with Crippen LogP contribution >= 0.6 is 11.3 Å². The number of hydrogen-bond donors (Lipinski definition) is 0. The highest BCUT2D eigenvalue weighted by atomic mass is 32.1. The molecule has 0 fully saturated rings. The number of aromatic nitrogens is 1. The first kappa shape index (κ1) is 17.6. The molecule has 23 heavy (non-hydrogen) atoms. The Morgan fingerprint density at radius 2 is 1.87 bits per heavy atom. The van der Waals surface area contributed by atoms with Gasteiger partial charge < -0.3 is 4.90 Å². The largest absolute Gasteiger partial charge is 0.342 e. The number of likely N-dealkylation sites (N-methyl/N-ethyl adjacent to an activating group) is 2. The van der Waals surface area contributed by atoms with Crippen LogP contribution in [0.2, 0.25) is 0 Å². The van der Waals surface area contributed by atoms with Gasteiger partial charge in [0.15, 0.2) is 0 Å². The average Bonchev–Trinajstić information content (AvgIpc) is 2.95. The SMILES string of the molecule is CCN(CC)C(=O)C(c1ccccc1)N(C)Cc1csc(C)n1. The van der Waals surface area contributed by atoms with Crippen molar-refractivity contribution >= 4 is 17.2 Å². The van der Waals surface area contributed by atoms with E-state index < -0.39 is 0 Å². The normalized spacial score (nSPS) is 12.4. The number of aryl methyl sites for hydroxylation is 1. The van der Waals surface area contributed by atoms with Crippen LogP contribution in [0, 0.1) is 6.92 Å². The molecule has 0 N–H and O–H groups in total. The molecular formula is C18H25N3OS. The van der Waals surface area contributed by atoms with Crippen LogP contribution in [0.3, 0.4) is 0 Å². The second-order valence-corrected chi connectivity index (χ2v) is 6.66. The molecule has 1 aromatic heterocycles. The molecule has 0 spiro atoms. The number of thiazole rings is 1. The lowest BCUT2D eigenvalue weighted by Gasteiger charge is -2.31. The van der Waals surface area contributed by atoms with Crippen LogP contribution < -0.4 is 0 Å². The first-order chi connectivity index (χ1) is 11.1. The molecule has 2 aromatic rings. The van der Waals surface area contributed by atoms with E-state index in [1.165, 1.54) is 0 Å². The minimum Gasteiger partial charge on any atom is -0.342 e. The number of benzene rings is 1. The maximum Gasteiger partial charge on any atom is 0.244 e. The maximum absolute atomic E-state index is 13.0. The standard InChI is InChI=1S/C18H25N3OS/c1-5-21(6-2)18(22)17(15-10-8-7-9-11-15)20(4)12-16-13-23-14(3)19-16/h7-11,13,17H,5-6,12H2,1-4H3. The number of nitrogens with zero attached hydrogens (tertiary/aromatic N) is 3. The highest BCUT2D eigenvalue weighted by Crippen LogP contribution is 2.24. The van der Waals surface area contributed by atoms with Gasteiger partial charge in [0.2, 0.25) is 5.91 Å². The molecule has 1 unspecified atom stereocenters. The fraction of sp³-hybridized carbons (Fsp3) is 0.444. The molecule has 0 saturated heterocycles. The first-order valence-electron chi connectivity index (χ1n) is 8.01. The van der Waals surface area contributed by atoms with Crippen LogP contribution in [0.1, 0.15) is 36.2 Å². The van der Waals surface area contributed by atoms with Crippen molar-refractivity contribution in [3.05, 3.63) is 52.0 Å². The number of carbonyl (C=O) groups is 1. The van der Waals surface area contributed by atoms with Crippen molar-refractivity contribution in [3.63, 3.8) is 0 Å². The summed E-state index contributed by atoms with van der Waals surface area (Å²) in [6.45, 7) is 8.16. The van der Waals surface area contributed by atoms with Gasteiger partial charge in [0.25, 0.3) is 0 Å². The second-order valence-electron chi connectivity index (χ2n) is 5.60. The van der Waals surface area contributed by atoms with E-state index in [1.54, 1.807) is 11.3 Å². The summed E-state index contributed by atoms with van der Waals surface area (Å²) in [6, 6.07) is 9.71. The van der Waals surface area contributed by atoms with Gasteiger partial charge in [-0.05, 0) is 33.4 Å². The summed E-state index contributed by atoms with van der Waals surface area (Å²) in [6.07, 6.45) is 0. The molecule has 1 heterocycles. The Morgan fingerprint density at radius 3 is 2.39 bits per heavy atom. The Labute approximate surface area is 142 Å². The fourth-order valence-corrected chi connectivity index (χ4v) is 3.36. The van der Waals surface area contributed by atoms with Crippen molar-refractivity contribution in [1.82, 2.24) is 14.8 Å². The van der Waals surface area contributed by atoms with Gasteiger partial charge in [-0.1, -0.05) is 30.3 Å². The van der Waals surface area contributed by atoms with E-state index in [-0.39, 0.29) is 11.9 Å². The molecule has 1 amide bonds. The summed E-state index contributed by atoms with van der Waals surface area (Å²) >= 11 is 1.64. The minimum atomic E-state index is -0.280. The molecule has 0 aliphatic heterocycles. The van der Waals surface area contributed by atoms with Crippen LogP contribution in [0.4, 0.5) is 0 Å². The quantitative estimate of drug-likeness (QED) is 0.779. The Morgan fingerprint density at radius 1 is 1.22 bits per heavy atom. The third-order valence-corrected chi connectivity index (χ3v) is 4.77. The fourth-order valence-electron chi connectivity index (χ4n) is 2.76. The Balaban J connectivity index is 2.27. The molecule has 1 atom stereocenters. The molecule has 4 nitrogen and oxygen atoms in total. The lowest BCUT2D eigenvalue weighted by Crippen LogP contribution is -2.41. The van der Waals surface area contributed by atoms with E-state index in [4.69, 9.17) is 0 Å². The highest BCUT2D eigenvalue weighted by molar-refractivity contribution is 7.09. The Hall–Kier alpha value is -1.72. The number of hydrogen-bond acceptors (Lipinski definition) is 4. The van der Waals surface area contributed by atoms with Crippen molar-refractivity contribution in [1.29, 1.82) is 0 Å². The zero-order chi connectivity index (χ0) is 16.8. The number of amides is 1. The average molecular weight is 331 g/mol. The van der Waals surface area contributed by atoms with Crippen molar-refractivity contribution in [2.45, 2.75) is 33.4 Å². The van der Waals surface area contributed by atoms with E-state index in [9.17, 15) is 4.79 Å². The first-order valence-corrected chi connectivity index (χ1v) is 8.89. The van der Waals surface area contributed by atoms with Crippen molar-refractivity contribution < 1.29 is 4.79 Å². The van der Waals surface area contributed by atoms with Crippen LogP contribution in [-0.4, -0.2) is 40.8 Å². The molecule has 1 aromatic carbocycles. The minimum absolute atomic E-state index is 0.149. The van der Waals surface area contributed by atoms with Gasteiger partial charge in [0.05, 0.1) is 10.7 Å². The molecule has 124 valence electrons. The molecule has 2 rings (SSSR count). The van der Waals surface area contributed by atoms with Crippen LogP contribution in [0.25, 0.3) is 0 Å². The summed E-state index contributed by atoms with van der Waals surface area (Å²) in [5.74, 6) is 0.149. The summed E-state index contributed by atoms with van der Waals surface area (Å²) < 4.78 is 0. The predicted molar refractivity (Wildman–Crippen MR) is 95.4 cm³/mol. The van der Waals surface area contributed by atoms with Crippen LogP contribution in [0.15, 0.2) is 35.7 Å². The highest BCUT2D eigenvalue weighted by Gasteiger charge is 2.28. The van der Waals surface area contributed by atoms with Gasteiger partial charge in [-0.15, -0.1) is 11.3 Å². The zero-order valence-corrected chi connectivity index (χ0v) is 15.1. The number of rotatable bonds is 7. The van der Waals surface area contributed by atoms with Gasteiger partial charge in [-0.3, -0.25) is 9.69 Å². The van der Waals surface area contributed by atoms with Gasteiger partial charge in [-0.2, -0.15) is 0 Å². The molecule has 0 radical (unpaired) electrons. The summed E-state index contributed by atoms with van der Waals surface area (Å²) in [5.41, 5.74) is 2.04. The van der Waals surface area contributed by atoms with E-state index in [2.05, 4.69) is 15.3 Å². The van der Waals surface area contributed by atoms with E-state index >= 15 is 0 Å². The van der Waals surface area contributed by atoms with E-state index in [0.717, 1.165) is 29.4 Å². The molecule has 5 heteroatoms. The van der Waals surface area contributed by atoms with Gasteiger partial charge in [0.1, 0.15) is 6.04 Å². The van der Waals surface area contributed by atoms with Crippen LogP contribution in [0.5, 0.6) is 0 Å². The van der Waals surface area contributed by atoms with Gasteiger partial charge in [0, 0.05) is 25.0 Å². The molecule has 0 bridgehead atoms. The maximum atomic E-state index is 13.0. The molecule has 0 aliphatic rings. The van der Waals surface area contributed by atoms with E-state index in [0.29, 0.717) is 6.54 Å². The van der Waals surface area contributed by atoms with Crippen molar-refractivity contribution in [2.24, 2.45) is 0 Å². The monoisotopic (exact) mass is 331 g/mol. The Kier molecular flexibility index (Phi) is 6.30. The lowest BCUT2D eigenvalue weighted by molar-refractivity contribution is -0.136. The van der Waals surface area contributed by atoms with E-state index in [1.807, 2.05) is 63.1 Å². The second kappa shape index (κ2) is 8.22. The Bertz CT molecular complexity index is 622. The van der Waals surface area contributed by atoms with Crippen molar-refractivity contribution in [3.8, 4) is 0 Å². The molecule has 0 aliphatic carbocycles. The van der Waals surface area contributed by atoms with Gasteiger partial charge >= 0.3 is 0 Å². The number of carbonyl (C=O) groups excluding carboxylic acids is 1.